The molecule has 15 unspecified atom stereocenters. The van der Waals surface area contributed by atoms with Gasteiger partial charge in [-0.05, 0) is 25.7 Å². The Hall–Kier alpha value is -0.690. The number of hydrogen-bond acceptors (Lipinski definition) is 18. The molecule has 0 saturated carbocycles. The Morgan fingerprint density at radius 2 is 0.881 bits per heavy atom. The zero-order valence-corrected chi connectivity index (χ0v) is 41.6. The number of hydrogen-bond donors (Lipinski definition) is 8. The van der Waals surface area contributed by atoms with E-state index in [0.29, 0.717) is 0 Å². The second-order valence-corrected chi connectivity index (χ2v) is 20.3. The van der Waals surface area contributed by atoms with Gasteiger partial charge in [0.2, 0.25) is 10.4 Å². The maximum atomic E-state index is 11.9. The van der Waals surface area contributed by atoms with Crippen molar-refractivity contribution >= 4 is 10.4 Å². The first-order valence-electron chi connectivity index (χ1n) is 26.0. The van der Waals surface area contributed by atoms with Crippen LogP contribution in [0.5, 0.6) is 0 Å². The van der Waals surface area contributed by atoms with E-state index < -0.39 is 116 Å². The molecule has 0 amide bonds. The summed E-state index contributed by atoms with van der Waals surface area (Å²) in [5.74, 6) is 0.116. The molecule has 3 fully saturated rings. The van der Waals surface area contributed by atoms with Crippen molar-refractivity contribution in [1.29, 1.82) is 0 Å². The molecule has 19 heteroatoms. The number of unbranched alkanes of at least 4 members (excludes halogenated alkanes) is 22. The monoisotopic (exact) mass is 988 g/mol. The van der Waals surface area contributed by atoms with Crippen molar-refractivity contribution in [1.82, 2.24) is 0 Å². The Balaban J connectivity index is 1.71. The van der Waals surface area contributed by atoms with E-state index in [4.69, 9.17) is 28.4 Å². The lowest BCUT2D eigenvalue weighted by atomic mass is 9.94. The fourth-order valence-electron chi connectivity index (χ4n) is 9.44. The van der Waals surface area contributed by atoms with Crippen LogP contribution in [0.1, 0.15) is 188 Å². The molecule has 15 atom stereocenters. The third-order valence-electron chi connectivity index (χ3n) is 13.7. The highest BCUT2D eigenvalue weighted by atomic mass is 32.3. The van der Waals surface area contributed by atoms with Crippen molar-refractivity contribution in [3.05, 3.63) is 0 Å². The second-order valence-electron chi connectivity index (χ2n) is 19.3. The van der Waals surface area contributed by atoms with Gasteiger partial charge in [0, 0.05) is 0 Å². The molecule has 8 N–H and O–H groups in total. The lowest BCUT2D eigenvalue weighted by Gasteiger charge is -2.49. The molecule has 67 heavy (non-hydrogen) atoms. The van der Waals surface area contributed by atoms with Crippen LogP contribution in [0, 0.1) is 5.92 Å². The van der Waals surface area contributed by atoms with E-state index in [2.05, 4.69) is 18.0 Å². The van der Waals surface area contributed by atoms with E-state index in [-0.39, 0.29) is 12.5 Å². The highest BCUT2D eigenvalue weighted by molar-refractivity contribution is 7.80. The highest BCUT2D eigenvalue weighted by Crippen LogP contribution is 2.35. The standard InChI is InChI=1S/C48H92O18S/c1-4-6-8-10-12-14-16-18-20-22-24-26-28-34(29-27-25-23-21-19-17-15-13-11-9-7-5-2)32-60-46-42(56)45(65-47-40(54)39(53)37(51)33(3)61-47)43(36(31-50)63-46)64-48-41(55)44(66-67(57,58)59)38(52)35(30-49)62-48/h33-56H,4-32H2,1-3H3,(H,57,58,59)/p-1. The van der Waals surface area contributed by atoms with Crippen molar-refractivity contribution in [3.63, 3.8) is 0 Å². The number of aliphatic hydroxyl groups excluding tert-OH is 8. The van der Waals surface area contributed by atoms with Gasteiger partial charge in [0.1, 0.15) is 67.1 Å². The zero-order valence-electron chi connectivity index (χ0n) is 40.8. The maximum absolute atomic E-state index is 11.9. The molecule has 0 aromatic carbocycles. The van der Waals surface area contributed by atoms with Crippen molar-refractivity contribution in [2.75, 3.05) is 19.8 Å². The van der Waals surface area contributed by atoms with Gasteiger partial charge in [-0.15, -0.1) is 0 Å². The number of aliphatic hydroxyl groups is 8. The third-order valence-corrected chi connectivity index (χ3v) is 14.1. The van der Waals surface area contributed by atoms with Gasteiger partial charge in [0.15, 0.2) is 18.9 Å². The van der Waals surface area contributed by atoms with Crippen LogP contribution in [0.25, 0.3) is 0 Å². The van der Waals surface area contributed by atoms with Crippen LogP contribution >= 0.6 is 0 Å². The van der Waals surface area contributed by atoms with Gasteiger partial charge in [-0.1, -0.05) is 168 Å². The normalized spacial score (nSPS) is 32.9. The molecular weight excluding hydrogens is 897 g/mol. The predicted molar refractivity (Wildman–Crippen MR) is 247 cm³/mol. The van der Waals surface area contributed by atoms with Gasteiger partial charge < -0.3 is 73.8 Å². The Morgan fingerprint density at radius 3 is 1.33 bits per heavy atom. The first-order valence-corrected chi connectivity index (χ1v) is 27.3. The maximum Gasteiger partial charge on any atom is 0.218 e. The number of ether oxygens (including phenoxy) is 6. The summed E-state index contributed by atoms with van der Waals surface area (Å²) in [5, 5.41) is 85.9. The van der Waals surface area contributed by atoms with Crippen molar-refractivity contribution in [2.45, 2.75) is 280 Å². The van der Waals surface area contributed by atoms with Crippen LogP contribution in [-0.2, 0) is 43.0 Å². The molecule has 3 heterocycles. The first-order chi connectivity index (χ1) is 32.2. The van der Waals surface area contributed by atoms with E-state index in [1.54, 1.807) is 0 Å². The minimum Gasteiger partial charge on any atom is -0.726 e. The molecule has 0 aromatic rings. The smallest absolute Gasteiger partial charge is 0.218 e. The Kier molecular flexibility index (Phi) is 30.6. The Labute approximate surface area is 401 Å². The average molecular weight is 988 g/mol. The van der Waals surface area contributed by atoms with Gasteiger partial charge in [-0.2, -0.15) is 0 Å². The largest absolute Gasteiger partial charge is 0.726 e. The van der Waals surface area contributed by atoms with Gasteiger partial charge in [-0.3, -0.25) is 4.18 Å². The summed E-state index contributed by atoms with van der Waals surface area (Å²) in [6.07, 6.45) is 5.67. The van der Waals surface area contributed by atoms with Crippen LogP contribution in [0.3, 0.4) is 0 Å². The van der Waals surface area contributed by atoms with Crippen LogP contribution in [-0.4, -0.2) is 166 Å². The van der Waals surface area contributed by atoms with Crippen molar-refractivity contribution < 1.29 is 86.4 Å². The van der Waals surface area contributed by atoms with Crippen LogP contribution < -0.4 is 0 Å². The Bertz CT molecular complexity index is 1320. The Morgan fingerprint density at radius 1 is 0.478 bits per heavy atom. The SMILES string of the molecule is CCCCCCCCCCCCCCC(CCCCCCCCCCCCCC)COC1OC(CO)C(OC2OC(CO)C(O)C(OS(=O)(=O)[O-])C2O)C(OC2OC(C)C(O)C(O)C2O)C1O. The summed E-state index contributed by atoms with van der Waals surface area (Å²) in [5.41, 5.74) is 0. The summed E-state index contributed by atoms with van der Waals surface area (Å²) in [6, 6.07) is 0. The molecule has 398 valence electrons. The van der Waals surface area contributed by atoms with E-state index >= 15 is 0 Å². The molecule has 18 nitrogen and oxygen atoms in total. The molecule has 0 aromatic heterocycles. The van der Waals surface area contributed by atoms with Gasteiger partial charge in [0.05, 0.1) is 25.9 Å². The summed E-state index contributed by atoms with van der Waals surface area (Å²) in [7, 11) is -5.51. The lowest BCUT2D eigenvalue weighted by molar-refractivity contribution is -0.385. The first kappa shape index (κ1) is 60.6. The predicted octanol–water partition coefficient (Wildman–Crippen LogP) is 4.76. The van der Waals surface area contributed by atoms with Crippen molar-refractivity contribution in [2.24, 2.45) is 5.92 Å². The van der Waals surface area contributed by atoms with Crippen LogP contribution in [0.2, 0.25) is 0 Å². The van der Waals surface area contributed by atoms with Gasteiger partial charge in [-0.25, -0.2) is 8.42 Å². The topological polar surface area (TPSA) is 284 Å². The van der Waals surface area contributed by atoms with Gasteiger partial charge in [0.25, 0.3) is 0 Å². The molecule has 0 spiro atoms. The summed E-state index contributed by atoms with van der Waals surface area (Å²) in [4.78, 5) is 0. The molecule has 0 radical (unpaired) electrons. The third kappa shape index (κ3) is 21.9. The van der Waals surface area contributed by atoms with E-state index in [0.717, 1.165) is 51.4 Å². The van der Waals surface area contributed by atoms with E-state index in [1.807, 2.05) is 0 Å². The molecule has 0 bridgehead atoms. The summed E-state index contributed by atoms with van der Waals surface area (Å²) < 4.78 is 74.7. The van der Waals surface area contributed by atoms with Crippen LogP contribution in [0.4, 0.5) is 0 Å². The molecule has 3 aliphatic heterocycles. The minimum absolute atomic E-state index is 0.116. The summed E-state index contributed by atoms with van der Waals surface area (Å²) in [6.45, 7) is 4.36. The second kappa shape index (κ2) is 33.9. The minimum atomic E-state index is -5.51. The fourth-order valence-corrected chi connectivity index (χ4v) is 9.94. The quantitative estimate of drug-likeness (QED) is 0.0237. The molecule has 3 saturated heterocycles. The molecule has 3 aliphatic rings. The molecule has 3 rings (SSSR count). The number of rotatable bonds is 37. The summed E-state index contributed by atoms with van der Waals surface area (Å²) >= 11 is 0. The zero-order chi connectivity index (χ0) is 49.2. The molecular formula is C48H91O18S-. The fraction of sp³-hybridized carbons (Fsp3) is 1.00. The molecule has 0 aliphatic carbocycles. The lowest BCUT2D eigenvalue weighted by Crippen LogP contribution is -2.67. The van der Waals surface area contributed by atoms with Crippen LogP contribution in [0.15, 0.2) is 0 Å². The van der Waals surface area contributed by atoms with Crippen molar-refractivity contribution in [3.8, 4) is 0 Å². The average Bonchev–Trinajstić information content (AvgIpc) is 3.30. The van der Waals surface area contributed by atoms with E-state index in [9.17, 15) is 53.8 Å². The van der Waals surface area contributed by atoms with E-state index in [1.165, 1.54) is 122 Å². The highest BCUT2D eigenvalue weighted by Gasteiger charge is 2.55. The van der Waals surface area contributed by atoms with Gasteiger partial charge >= 0.3 is 0 Å².